The maximum Gasteiger partial charge on any atom is 0.416 e. The maximum absolute atomic E-state index is 14.3. The molecular formula is C32H33F8N7O2. The van der Waals surface area contributed by atoms with E-state index < -0.39 is 47.6 Å². The summed E-state index contributed by atoms with van der Waals surface area (Å²) < 4.78 is 111. The second-order valence-corrected chi connectivity index (χ2v) is 12.3. The number of aliphatic carboxylic acids is 1. The number of benzene rings is 2. The van der Waals surface area contributed by atoms with E-state index in [9.17, 15) is 45.0 Å². The number of carbonyl (C=O) groups is 1. The first-order valence-electron chi connectivity index (χ1n) is 15.5. The Kier molecular flexibility index (Phi) is 10.3. The van der Waals surface area contributed by atoms with Gasteiger partial charge in [0.15, 0.2) is 11.6 Å². The summed E-state index contributed by atoms with van der Waals surface area (Å²) in [4.78, 5) is 20.2. The molecule has 1 aliphatic carbocycles. The first-order valence-corrected chi connectivity index (χ1v) is 15.5. The molecule has 9 nitrogen and oxygen atoms in total. The minimum Gasteiger partial charge on any atom is -0.481 e. The molecular weight excluding hydrogens is 666 g/mol. The average Bonchev–Trinajstić information content (AvgIpc) is 3.46. The number of anilines is 2. The zero-order chi connectivity index (χ0) is 35.7. The number of halogens is 8. The van der Waals surface area contributed by atoms with E-state index in [1.165, 1.54) is 11.9 Å². The zero-order valence-corrected chi connectivity index (χ0v) is 26.5. The van der Waals surface area contributed by atoms with E-state index in [4.69, 9.17) is 0 Å². The van der Waals surface area contributed by atoms with Crippen LogP contribution in [0.25, 0.3) is 10.9 Å². The highest BCUT2D eigenvalue weighted by atomic mass is 19.4. The van der Waals surface area contributed by atoms with Crippen molar-refractivity contribution < 1.29 is 45.0 Å². The van der Waals surface area contributed by atoms with Crippen molar-refractivity contribution in [3.8, 4) is 0 Å². The Morgan fingerprint density at radius 2 is 1.49 bits per heavy atom. The van der Waals surface area contributed by atoms with Crippen LogP contribution in [0, 0.1) is 23.5 Å². The number of aryl methyl sites for hydroxylation is 1. The third kappa shape index (κ3) is 8.73. The third-order valence-corrected chi connectivity index (χ3v) is 8.67. The van der Waals surface area contributed by atoms with Crippen LogP contribution >= 0.6 is 0 Å². The van der Waals surface area contributed by atoms with Gasteiger partial charge in [-0.2, -0.15) is 31.1 Å². The van der Waals surface area contributed by atoms with Crippen LogP contribution in [0.1, 0.15) is 61.3 Å². The van der Waals surface area contributed by atoms with Gasteiger partial charge in [-0.3, -0.25) is 4.79 Å². The molecule has 1 saturated carbocycles. The monoisotopic (exact) mass is 699 g/mol. The van der Waals surface area contributed by atoms with Gasteiger partial charge in [-0.15, -0.1) is 5.10 Å². The van der Waals surface area contributed by atoms with Gasteiger partial charge >= 0.3 is 18.3 Å². The average molecular weight is 700 g/mol. The number of rotatable bonds is 11. The van der Waals surface area contributed by atoms with Gasteiger partial charge in [-0.25, -0.2) is 13.8 Å². The Hall–Kier alpha value is -4.57. The molecule has 5 rings (SSSR count). The molecule has 1 N–H and O–H groups in total. The molecule has 2 heterocycles. The third-order valence-electron chi connectivity index (χ3n) is 8.67. The van der Waals surface area contributed by atoms with Gasteiger partial charge < -0.3 is 14.9 Å². The number of alkyl halides is 6. The quantitative estimate of drug-likeness (QED) is 0.162. The molecule has 49 heavy (non-hydrogen) atoms. The molecule has 0 saturated heterocycles. The topological polar surface area (TPSA) is 100 Å². The van der Waals surface area contributed by atoms with Crippen molar-refractivity contribution in [1.29, 1.82) is 0 Å². The van der Waals surface area contributed by atoms with Gasteiger partial charge in [0.2, 0.25) is 0 Å². The normalized spacial score (nSPS) is 17.0. The van der Waals surface area contributed by atoms with Crippen LogP contribution in [-0.4, -0.2) is 49.4 Å². The minimum atomic E-state index is -5.06. The zero-order valence-electron chi connectivity index (χ0n) is 26.5. The van der Waals surface area contributed by atoms with Crippen LogP contribution in [0.2, 0.25) is 0 Å². The summed E-state index contributed by atoms with van der Waals surface area (Å²) in [5, 5.41) is 21.3. The molecule has 0 bridgehead atoms. The Morgan fingerprint density at radius 1 is 0.878 bits per heavy atom. The van der Waals surface area contributed by atoms with Crippen LogP contribution in [0.15, 0.2) is 36.4 Å². The summed E-state index contributed by atoms with van der Waals surface area (Å²) in [5.74, 6) is -2.63. The molecule has 0 amide bonds. The predicted molar refractivity (Wildman–Crippen MR) is 162 cm³/mol. The SMILES string of the molecule is CCN(C[C@H]1CC[C@H](CC(=O)O)CC1)c1nc2cc(F)c(F)cc2cc1CN(Cc1cc(C(F)(F)F)cc(C(F)(F)F)c1)c1nnn(C)n1. The second-order valence-electron chi connectivity index (χ2n) is 12.3. The highest BCUT2D eigenvalue weighted by molar-refractivity contribution is 5.82. The van der Waals surface area contributed by atoms with E-state index in [0.29, 0.717) is 36.6 Å². The van der Waals surface area contributed by atoms with Crippen LogP contribution in [-0.2, 0) is 37.3 Å². The van der Waals surface area contributed by atoms with E-state index in [2.05, 4.69) is 20.4 Å². The molecule has 0 atom stereocenters. The molecule has 2 aromatic carbocycles. The van der Waals surface area contributed by atoms with Gasteiger partial charge in [0, 0.05) is 49.6 Å². The summed E-state index contributed by atoms with van der Waals surface area (Å²) in [7, 11) is 1.44. The van der Waals surface area contributed by atoms with Crippen molar-refractivity contribution in [2.45, 2.75) is 64.5 Å². The highest BCUT2D eigenvalue weighted by Gasteiger charge is 2.37. The van der Waals surface area contributed by atoms with E-state index in [0.717, 1.165) is 42.6 Å². The summed E-state index contributed by atoms with van der Waals surface area (Å²) in [6.07, 6.45) is -7.08. The number of hydrogen-bond acceptors (Lipinski definition) is 7. The highest BCUT2D eigenvalue weighted by Crippen LogP contribution is 2.38. The predicted octanol–water partition coefficient (Wildman–Crippen LogP) is 7.39. The Balaban J connectivity index is 1.55. The fourth-order valence-corrected chi connectivity index (χ4v) is 6.27. The fraction of sp³-hybridized carbons (Fsp3) is 0.469. The minimum absolute atomic E-state index is 0.0434. The first-order chi connectivity index (χ1) is 23.0. The Bertz CT molecular complexity index is 1770. The molecule has 0 spiro atoms. The summed E-state index contributed by atoms with van der Waals surface area (Å²) in [6.45, 7) is 2.05. The Labute approximate surface area is 275 Å². The van der Waals surface area contributed by atoms with Gasteiger partial charge in [-0.05, 0) is 85.6 Å². The van der Waals surface area contributed by atoms with Gasteiger partial charge in [0.1, 0.15) is 5.82 Å². The maximum atomic E-state index is 14.3. The van der Waals surface area contributed by atoms with Gasteiger partial charge in [0.05, 0.1) is 23.7 Å². The van der Waals surface area contributed by atoms with E-state index in [1.54, 1.807) is 6.07 Å². The van der Waals surface area contributed by atoms with Gasteiger partial charge in [-0.1, -0.05) is 5.10 Å². The number of carboxylic acids is 1. The number of aromatic nitrogens is 5. The molecule has 17 heteroatoms. The molecule has 0 aliphatic heterocycles. The molecule has 4 aromatic rings. The molecule has 2 aromatic heterocycles. The first kappa shape index (κ1) is 35.7. The summed E-state index contributed by atoms with van der Waals surface area (Å²) in [5.41, 5.74) is -2.76. The summed E-state index contributed by atoms with van der Waals surface area (Å²) in [6, 6.07) is 4.74. The van der Waals surface area contributed by atoms with Crippen molar-refractivity contribution in [3.63, 3.8) is 0 Å². The molecule has 264 valence electrons. The lowest BCUT2D eigenvalue weighted by molar-refractivity contribution is -0.143. The second kappa shape index (κ2) is 14.1. The lowest BCUT2D eigenvalue weighted by Gasteiger charge is -2.34. The largest absolute Gasteiger partial charge is 0.481 e. The van der Waals surface area contributed by atoms with Gasteiger partial charge in [0.25, 0.3) is 5.95 Å². The number of tetrazole rings is 1. The standard InChI is InChI=1S/C32H33F8N7O2/c1-3-46(15-19-6-4-18(5-7-19)10-28(48)49)29-22(11-21-12-25(33)26(34)14-27(21)41-29)17-47(30-42-44-45(2)43-30)16-20-8-23(31(35,36)37)13-24(9-20)32(38,39)40/h8-9,11-14,18-19H,3-7,10,15-17H2,1-2H3,(H,48,49)/t18-,19-. The van der Waals surface area contributed by atoms with E-state index >= 15 is 0 Å². The molecule has 0 radical (unpaired) electrons. The van der Waals surface area contributed by atoms with Crippen molar-refractivity contribution in [1.82, 2.24) is 25.2 Å². The van der Waals surface area contributed by atoms with Crippen molar-refractivity contribution in [2.24, 2.45) is 18.9 Å². The number of fused-ring (bicyclic) bond motifs is 1. The van der Waals surface area contributed by atoms with Crippen molar-refractivity contribution in [3.05, 3.63) is 70.3 Å². The van der Waals surface area contributed by atoms with E-state index in [1.807, 2.05) is 11.8 Å². The van der Waals surface area contributed by atoms with Crippen LogP contribution in [0.4, 0.5) is 46.9 Å². The molecule has 0 unspecified atom stereocenters. The van der Waals surface area contributed by atoms with Crippen molar-refractivity contribution >= 4 is 28.6 Å². The number of pyridine rings is 1. The summed E-state index contributed by atoms with van der Waals surface area (Å²) >= 11 is 0. The lowest BCUT2D eigenvalue weighted by Crippen LogP contribution is -2.34. The number of carboxylic acid groups (broad SMARTS) is 1. The van der Waals surface area contributed by atoms with Crippen LogP contribution in [0.5, 0.6) is 0 Å². The fourth-order valence-electron chi connectivity index (χ4n) is 6.27. The van der Waals surface area contributed by atoms with Crippen LogP contribution < -0.4 is 9.80 Å². The lowest BCUT2D eigenvalue weighted by atomic mass is 9.80. The smallest absolute Gasteiger partial charge is 0.416 e. The van der Waals surface area contributed by atoms with Crippen LogP contribution in [0.3, 0.4) is 0 Å². The Morgan fingerprint density at radius 3 is 2.04 bits per heavy atom. The molecule has 1 aliphatic rings. The number of hydrogen-bond donors (Lipinski definition) is 1. The number of nitrogens with zero attached hydrogens (tertiary/aromatic N) is 7. The van der Waals surface area contributed by atoms with Crippen molar-refractivity contribution in [2.75, 3.05) is 22.9 Å². The van der Waals surface area contributed by atoms with E-state index in [-0.39, 0.29) is 53.3 Å². The molecule has 1 fully saturated rings.